The third kappa shape index (κ3) is 45.5. The first-order chi connectivity index (χ1) is 61.7. The fourth-order valence-corrected chi connectivity index (χ4v) is 9.75. The van der Waals surface area contributed by atoms with Crippen molar-refractivity contribution in [1.82, 2.24) is 19.6 Å². The van der Waals surface area contributed by atoms with Gasteiger partial charge in [-0.15, -0.1) is 5.60 Å². The number of aliphatic imine (C=N–C) groups is 1. The minimum atomic E-state index is -0.977. The van der Waals surface area contributed by atoms with Gasteiger partial charge in [-0.1, -0.05) is 257 Å². The Morgan fingerprint density at radius 3 is 1.15 bits per heavy atom. The molecule has 0 bridgehead atoms. The molecule has 0 radical (unpaired) electrons. The number of halogens is 6. The van der Waals surface area contributed by atoms with E-state index in [-0.39, 0.29) is 165 Å². The quantitative estimate of drug-likeness (QED) is 0.00879. The maximum atomic E-state index is 14.6. The van der Waals surface area contributed by atoms with Crippen LogP contribution >= 0.6 is 15.9 Å². The van der Waals surface area contributed by atoms with Gasteiger partial charge in [-0.2, -0.15) is 54.6 Å². The number of aromatic nitrogens is 4. The van der Waals surface area contributed by atoms with Gasteiger partial charge < -0.3 is 66.4 Å². The van der Waals surface area contributed by atoms with Crippen molar-refractivity contribution < 1.29 is 135 Å². The fourth-order valence-electron chi connectivity index (χ4n) is 9.75. The second-order valence-corrected chi connectivity index (χ2v) is 30.8. The van der Waals surface area contributed by atoms with Crippen molar-refractivity contribution in [2.45, 2.75) is 166 Å². The zero-order valence-corrected chi connectivity index (χ0v) is 82.9. The first kappa shape index (κ1) is 122. The molecule has 0 aliphatic heterocycles. The molecule has 0 saturated heterocycles. The maximum Gasteiger partial charge on any atom is 1.00 e. The second kappa shape index (κ2) is 65.4. The molecular formula is C98H106BrF5N16Na2O11. The topological polar surface area (TPSA) is 414 Å². The Kier molecular flexibility index (Phi) is 59.9. The number of nitrogens with zero attached hydrogens (tertiary/aromatic N) is 13. The summed E-state index contributed by atoms with van der Waals surface area (Å²) in [6.45, 7) is 50.5. The van der Waals surface area contributed by atoms with Crippen LogP contribution in [0.15, 0.2) is 228 Å². The Hall–Kier alpha value is -13.2. The Balaban J connectivity index is 0. The van der Waals surface area contributed by atoms with Crippen LogP contribution in [0.3, 0.4) is 0 Å². The Morgan fingerprint density at radius 2 is 0.865 bits per heavy atom. The number of anilines is 3. The van der Waals surface area contributed by atoms with Gasteiger partial charge in [0.15, 0.2) is 34.4 Å². The molecule has 133 heavy (non-hydrogen) atoms. The molecule has 2 atom stereocenters. The van der Waals surface area contributed by atoms with Crippen LogP contribution in [-0.4, -0.2) is 70.7 Å². The molecular weight excluding hydrogens is 1800 g/mol. The molecule has 27 nitrogen and oxygen atoms in total. The third-order valence-corrected chi connectivity index (χ3v) is 17.6. The van der Waals surface area contributed by atoms with Gasteiger partial charge in [0, 0.05) is 66.5 Å². The van der Waals surface area contributed by atoms with Crippen molar-refractivity contribution in [3.8, 4) is 58.3 Å². The number of phenols is 1. The number of nitrogens with two attached hydrogens (primary N) is 3. The molecule has 0 aliphatic carbocycles. The molecule has 8 N–H and O–H groups in total. The summed E-state index contributed by atoms with van der Waals surface area (Å²) in [6, 6.07) is 66.6. The van der Waals surface area contributed by atoms with Gasteiger partial charge >= 0.3 is 71.4 Å². The Labute approximate surface area is 826 Å². The summed E-state index contributed by atoms with van der Waals surface area (Å²) >= 11 is 2.89. The summed E-state index contributed by atoms with van der Waals surface area (Å²) in [6.07, 6.45) is 0.500. The van der Waals surface area contributed by atoms with Crippen molar-refractivity contribution in [2.24, 2.45) is 33.0 Å². The van der Waals surface area contributed by atoms with Crippen LogP contribution in [0.1, 0.15) is 155 Å². The molecule has 9 aromatic carbocycles. The van der Waals surface area contributed by atoms with Crippen LogP contribution in [0.2, 0.25) is 0 Å². The third-order valence-electron chi connectivity index (χ3n) is 17.4. The predicted octanol–water partition coefficient (Wildman–Crippen LogP) is 16.4. The second-order valence-electron chi connectivity index (χ2n) is 30.3. The van der Waals surface area contributed by atoms with E-state index in [1.165, 1.54) is 57.9 Å². The average Bonchev–Trinajstić information content (AvgIpc) is 1.64. The molecule has 0 fully saturated rings. The number of ether oxygens (including phenoxy) is 4. The minimum Gasteiger partial charge on any atom is -0.870 e. The standard InChI is InChI=1S/C20H19FN4O.C19H20FN3O.C19H19FN2O.C13H13FN4O.C13H12FNO.C6H11N.C4H9O.C2H2BrN.2CO2.2Na.H2O/c1-13(2)19-18(22)20(23-3)25(24-19)17-10-9-15(11-16(17)21)26-12-14-7-5-4-6-8-14;1-14(2)19(3,13-21)23-22-18-10-9-16(11-17(18)20)24-12-15-7-5-4-6-8-15;1-14(2)19(11-21)22-12-16-8-9-17(10-18(16)20)23-13-15-6-4-3-5-7-15;1-7(2)12-11(15)13(16-3)18(17-12)10-5-4-8(19)6-9(10)14;14-12-8-11(6-7-13(12)15)16-9-10-4-2-1-3-5-10;1-5(2)6(3)7-4;1-4(2,3)5;3-1-2-4;2*2-1-3;;;/h4-11,13H,12,22H2,1-2H3;4-11,14H,12H2,1-3H3;3-10,14H,12-13H2,1-2H3;4-7,19H,15H2,1-2H3;1-8H,9,15H2;5-6H,1-3H3;1-3H3;1H2;;;;;1H2/q;;;;;;-1;;;;2*+1;/p-1. The summed E-state index contributed by atoms with van der Waals surface area (Å²) in [5.74, 6) is -0.175. The number of hydrogen-bond donors (Lipinski definition) is 4. The first-order valence-corrected chi connectivity index (χ1v) is 41.2. The fraction of sp³-hybridized carbons (Fsp3) is 0.296. The number of carbonyl (C=O) groups excluding carboxylic acids is 4. The zero-order valence-electron chi connectivity index (χ0n) is 77.3. The zero-order chi connectivity index (χ0) is 97.6. The summed E-state index contributed by atoms with van der Waals surface area (Å²) in [7, 11) is 0. The van der Waals surface area contributed by atoms with Crippen molar-refractivity contribution in [3.63, 3.8) is 0 Å². The van der Waals surface area contributed by atoms with E-state index < -0.39 is 34.4 Å². The maximum absolute atomic E-state index is 14.6. The molecule has 0 aliphatic rings. The molecule has 2 aromatic heterocycles. The molecule has 0 amide bonds. The SMILES string of the molecule is CC(C)(C)[O-].CC(C)C(C#N)=NCc1ccc(OCc2ccccc2)cc1F.CC(C)C(C)(C#N)N=Nc1ccc(OCc2ccccc2)cc1F.N#CCBr.Nc1ccc(OCc2ccccc2)cc1F.O=C=O.O=C=O.[C-]#[N+]C(C)C(C)C.[C-]#[N+]c1c(N)c(C(C)C)nn1-c1ccc(O)cc1F.[C-]#[N+]c1c(N)c(C(C)C)nn1-c1ccc(OCc2ccccc2)cc1F.[Na+].[Na+].[OH-]. The van der Waals surface area contributed by atoms with E-state index in [1.54, 1.807) is 64.1 Å². The smallest absolute Gasteiger partial charge is 0.870 e. The Bertz CT molecular complexity index is 5730. The van der Waals surface area contributed by atoms with E-state index in [1.807, 2.05) is 196 Å². The Morgan fingerprint density at radius 1 is 0.526 bits per heavy atom. The number of hydrogen-bond acceptors (Lipinski definition) is 22. The van der Waals surface area contributed by atoms with Crippen LogP contribution < -0.4 is 100 Å². The van der Waals surface area contributed by atoms with E-state index in [0.29, 0.717) is 89.0 Å². The molecule has 11 rings (SSSR count). The van der Waals surface area contributed by atoms with Gasteiger partial charge in [0.1, 0.15) is 84.3 Å². The number of azo groups is 1. The molecule has 35 heteroatoms. The largest absolute Gasteiger partial charge is 1.00 e. The van der Waals surface area contributed by atoms with E-state index in [0.717, 1.165) is 28.3 Å². The first-order valence-electron chi connectivity index (χ1n) is 40.1. The van der Waals surface area contributed by atoms with Crippen LogP contribution in [0.25, 0.3) is 25.9 Å². The van der Waals surface area contributed by atoms with Crippen molar-refractivity contribution in [1.29, 1.82) is 15.8 Å². The van der Waals surface area contributed by atoms with Crippen LogP contribution in [0.5, 0.6) is 28.7 Å². The summed E-state index contributed by atoms with van der Waals surface area (Å²) < 4.78 is 94.5. The van der Waals surface area contributed by atoms with Crippen LogP contribution in [0, 0.1) is 101 Å². The molecule has 688 valence electrons. The van der Waals surface area contributed by atoms with Gasteiger partial charge in [-0.25, -0.2) is 28.5 Å². The van der Waals surface area contributed by atoms with Gasteiger partial charge in [-0.3, -0.25) is 4.99 Å². The molecule has 2 unspecified atom stereocenters. The predicted molar refractivity (Wildman–Crippen MR) is 492 cm³/mol. The number of benzene rings is 9. The number of nitriles is 3. The monoisotopic (exact) mass is 1900 g/mol. The van der Waals surface area contributed by atoms with E-state index >= 15 is 0 Å². The van der Waals surface area contributed by atoms with Crippen LogP contribution in [0.4, 0.5) is 56.3 Å². The van der Waals surface area contributed by atoms with Gasteiger partial charge in [0.05, 0.1) is 52.5 Å². The minimum absolute atomic E-state index is 0. The molecule has 2 heterocycles. The summed E-state index contributed by atoms with van der Waals surface area (Å²) in [5, 5.41) is 61.9. The van der Waals surface area contributed by atoms with Gasteiger partial charge in [0.25, 0.3) is 11.6 Å². The summed E-state index contributed by atoms with van der Waals surface area (Å²) in [5.41, 5.74) is 22.6. The van der Waals surface area contributed by atoms with Gasteiger partial charge in [-0.05, 0) is 89.7 Å². The number of rotatable bonds is 23. The van der Waals surface area contributed by atoms with Crippen LogP contribution in [-0.2, 0) is 52.2 Å². The molecule has 11 aromatic rings. The van der Waals surface area contributed by atoms with Crippen molar-refractivity contribution >= 4 is 68.3 Å². The average molecular weight is 1900 g/mol. The van der Waals surface area contributed by atoms with E-state index in [2.05, 4.69) is 75.8 Å². The number of alkyl halides is 1. The number of phenolic OH excluding ortho intramolecular Hbond substituents is 1. The normalized spacial score (nSPS) is 10.7. The van der Waals surface area contributed by atoms with Crippen molar-refractivity contribution in [3.05, 3.63) is 315 Å². The molecule has 0 spiro atoms. The molecule has 0 saturated carbocycles. The van der Waals surface area contributed by atoms with E-state index in [4.69, 9.17) is 85.6 Å². The summed E-state index contributed by atoms with van der Waals surface area (Å²) in [4.78, 5) is 46.7. The van der Waals surface area contributed by atoms with E-state index in [9.17, 15) is 37.4 Å². The van der Waals surface area contributed by atoms with Gasteiger partial charge in [0.2, 0.25) is 6.04 Å². The number of nitrogen functional groups attached to an aromatic ring is 3. The number of aromatic hydroxyl groups is 1. The van der Waals surface area contributed by atoms with Crippen molar-refractivity contribution in [2.75, 3.05) is 22.5 Å².